The molecular weight excluding hydrogens is 216 g/mol. The third-order valence-corrected chi connectivity index (χ3v) is 2.70. The van der Waals surface area contributed by atoms with Crippen LogP contribution in [0, 0.1) is 0 Å². The molecule has 0 aliphatic heterocycles. The Labute approximate surface area is 103 Å². The van der Waals surface area contributed by atoms with Crippen LogP contribution in [0.2, 0.25) is 0 Å². The fraction of sp³-hybridized carbons (Fsp3) is 0.538. The number of para-hydroxylation sites is 1. The zero-order valence-electron chi connectivity index (χ0n) is 10.6. The number of anilines is 1. The first-order valence-corrected chi connectivity index (χ1v) is 5.90. The largest absolute Gasteiger partial charge is 0.395 e. The SMILES string of the molecule is COCCN(CCO)c1ccccc1[C@H](C)N. The fourth-order valence-corrected chi connectivity index (χ4v) is 1.84. The topological polar surface area (TPSA) is 58.7 Å². The lowest BCUT2D eigenvalue weighted by Gasteiger charge is -2.27. The minimum Gasteiger partial charge on any atom is -0.395 e. The smallest absolute Gasteiger partial charge is 0.0637 e. The maximum absolute atomic E-state index is 9.11. The molecule has 4 heteroatoms. The van der Waals surface area contributed by atoms with Gasteiger partial charge in [0.2, 0.25) is 0 Å². The number of nitrogens with zero attached hydrogens (tertiary/aromatic N) is 1. The number of ether oxygens (including phenoxy) is 1. The highest BCUT2D eigenvalue weighted by Gasteiger charge is 2.12. The molecular formula is C13H22N2O2. The van der Waals surface area contributed by atoms with Crippen LogP contribution in [0.1, 0.15) is 18.5 Å². The molecule has 96 valence electrons. The van der Waals surface area contributed by atoms with E-state index < -0.39 is 0 Å². The lowest BCUT2D eigenvalue weighted by Crippen LogP contribution is -2.31. The van der Waals surface area contributed by atoms with E-state index in [4.69, 9.17) is 15.6 Å². The first-order chi connectivity index (χ1) is 8.20. The molecule has 0 spiro atoms. The Balaban J connectivity index is 2.91. The molecule has 1 aromatic rings. The molecule has 0 unspecified atom stereocenters. The molecule has 0 heterocycles. The monoisotopic (exact) mass is 238 g/mol. The Morgan fingerprint density at radius 3 is 2.65 bits per heavy atom. The van der Waals surface area contributed by atoms with E-state index in [1.165, 1.54) is 0 Å². The Kier molecular flexibility index (Phi) is 5.97. The molecule has 3 N–H and O–H groups in total. The summed E-state index contributed by atoms with van der Waals surface area (Å²) in [6.07, 6.45) is 0. The summed E-state index contributed by atoms with van der Waals surface area (Å²) < 4.78 is 5.09. The Hall–Kier alpha value is -1.10. The van der Waals surface area contributed by atoms with Crippen LogP contribution in [-0.2, 0) is 4.74 Å². The second kappa shape index (κ2) is 7.27. The Bertz CT molecular complexity index is 329. The summed E-state index contributed by atoms with van der Waals surface area (Å²) in [4.78, 5) is 2.10. The molecule has 0 aromatic heterocycles. The van der Waals surface area contributed by atoms with E-state index in [2.05, 4.69) is 4.90 Å². The van der Waals surface area contributed by atoms with Crippen LogP contribution >= 0.6 is 0 Å². The number of aliphatic hydroxyl groups is 1. The number of aliphatic hydroxyl groups excluding tert-OH is 1. The summed E-state index contributed by atoms with van der Waals surface area (Å²) >= 11 is 0. The van der Waals surface area contributed by atoms with Crippen LogP contribution in [0.4, 0.5) is 5.69 Å². The van der Waals surface area contributed by atoms with Crippen molar-refractivity contribution in [2.45, 2.75) is 13.0 Å². The van der Waals surface area contributed by atoms with Crippen molar-refractivity contribution in [2.75, 3.05) is 38.3 Å². The normalized spacial score (nSPS) is 12.5. The van der Waals surface area contributed by atoms with E-state index in [1.807, 2.05) is 31.2 Å². The van der Waals surface area contributed by atoms with Gasteiger partial charge in [0, 0.05) is 31.9 Å². The van der Waals surface area contributed by atoms with Crippen LogP contribution in [0.25, 0.3) is 0 Å². The van der Waals surface area contributed by atoms with Crippen LogP contribution < -0.4 is 10.6 Å². The van der Waals surface area contributed by atoms with Gasteiger partial charge in [0.15, 0.2) is 0 Å². The summed E-state index contributed by atoms with van der Waals surface area (Å²) in [5, 5.41) is 9.11. The maximum Gasteiger partial charge on any atom is 0.0637 e. The summed E-state index contributed by atoms with van der Waals surface area (Å²) in [7, 11) is 1.68. The summed E-state index contributed by atoms with van der Waals surface area (Å²) in [5.74, 6) is 0. The van der Waals surface area contributed by atoms with Gasteiger partial charge in [-0.05, 0) is 18.6 Å². The molecule has 0 bridgehead atoms. The van der Waals surface area contributed by atoms with E-state index in [0.717, 1.165) is 17.8 Å². The molecule has 1 rings (SSSR count). The summed E-state index contributed by atoms with van der Waals surface area (Å²) in [6.45, 7) is 4.06. The molecule has 1 atom stereocenters. The van der Waals surface area contributed by atoms with Gasteiger partial charge in [-0.3, -0.25) is 0 Å². The van der Waals surface area contributed by atoms with Gasteiger partial charge < -0.3 is 20.5 Å². The fourth-order valence-electron chi connectivity index (χ4n) is 1.84. The van der Waals surface area contributed by atoms with Gasteiger partial charge in [-0.2, -0.15) is 0 Å². The van der Waals surface area contributed by atoms with Crippen molar-refractivity contribution in [1.82, 2.24) is 0 Å². The third kappa shape index (κ3) is 4.00. The highest BCUT2D eigenvalue weighted by atomic mass is 16.5. The van der Waals surface area contributed by atoms with Crippen molar-refractivity contribution in [3.05, 3.63) is 29.8 Å². The van der Waals surface area contributed by atoms with Gasteiger partial charge in [0.05, 0.1) is 13.2 Å². The molecule has 0 radical (unpaired) electrons. The van der Waals surface area contributed by atoms with Crippen molar-refractivity contribution in [2.24, 2.45) is 5.73 Å². The average Bonchev–Trinajstić information content (AvgIpc) is 2.34. The van der Waals surface area contributed by atoms with Gasteiger partial charge in [-0.25, -0.2) is 0 Å². The van der Waals surface area contributed by atoms with Crippen molar-refractivity contribution >= 4 is 5.69 Å². The Morgan fingerprint density at radius 2 is 2.06 bits per heavy atom. The van der Waals surface area contributed by atoms with Gasteiger partial charge in [-0.15, -0.1) is 0 Å². The average molecular weight is 238 g/mol. The maximum atomic E-state index is 9.11. The van der Waals surface area contributed by atoms with Crippen LogP contribution in [0.5, 0.6) is 0 Å². The molecule has 1 aromatic carbocycles. The highest BCUT2D eigenvalue weighted by Crippen LogP contribution is 2.24. The molecule has 0 saturated carbocycles. The van der Waals surface area contributed by atoms with Gasteiger partial charge in [0.25, 0.3) is 0 Å². The second-order valence-electron chi connectivity index (χ2n) is 4.05. The first kappa shape index (κ1) is 14.0. The van der Waals surface area contributed by atoms with E-state index in [0.29, 0.717) is 13.2 Å². The molecule has 0 fully saturated rings. The lowest BCUT2D eigenvalue weighted by molar-refractivity contribution is 0.203. The van der Waals surface area contributed by atoms with Crippen molar-refractivity contribution < 1.29 is 9.84 Å². The van der Waals surface area contributed by atoms with Gasteiger partial charge in [-0.1, -0.05) is 18.2 Å². The number of rotatable bonds is 7. The van der Waals surface area contributed by atoms with Crippen molar-refractivity contribution in [1.29, 1.82) is 0 Å². The summed E-state index contributed by atoms with van der Waals surface area (Å²) in [5.41, 5.74) is 8.13. The second-order valence-corrected chi connectivity index (χ2v) is 4.05. The quantitative estimate of drug-likeness (QED) is 0.748. The Morgan fingerprint density at radius 1 is 1.35 bits per heavy atom. The predicted octanol–water partition coefficient (Wildman–Crippen LogP) is 1.15. The van der Waals surface area contributed by atoms with E-state index in [1.54, 1.807) is 7.11 Å². The van der Waals surface area contributed by atoms with Crippen molar-refractivity contribution in [3.8, 4) is 0 Å². The number of benzene rings is 1. The highest BCUT2D eigenvalue weighted by molar-refractivity contribution is 5.54. The summed E-state index contributed by atoms with van der Waals surface area (Å²) in [6, 6.07) is 8.00. The minimum atomic E-state index is -0.0186. The number of hydrogen-bond donors (Lipinski definition) is 2. The zero-order valence-corrected chi connectivity index (χ0v) is 10.6. The van der Waals surface area contributed by atoms with E-state index in [-0.39, 0.29) is 12.6 Å². The lowest BCUT2D eigenvalue weighted by atomic mass is 10.1. The molecule has 0 saturated heterocycles. The number of hydrogen-bond acceptors (Lipinski definition) is 4. The molecule has 0 aliphatic rings. The third-order valence-electron chi connectivity index (χ3n) is 2.70. The van der Waals surface area contributed by atoms with E-state index in [9.17, 15) is 0 Å². The standard InChI is InChI=1S/C13H22N2O2/c1-11(14)12-5-3-4-6-13(12)15(7-9-16)8-10-17-2/h3-6,11,16H,7-10,14H2,1-2H3/t11-/m0/s1. The predicted molar refractivity (Wildman–Crippen MR) is 70.2 cm³/mol. The van der Waals surface area contributed by atoms with Crippen molar-refractivity contribution in [3.63, 3.8) is 0 Å². The first-order valence-electron chi connectivity index (χ1n) is 5.90. The zero-order chi connectivity index (χ0) is 12.7. The molecule has 17 heavy (non-hydrogen) atoms. The molecule has 0 amide bonds. The van der Waals surface area contributed by atoms with Crippen LogP contribution in [0.3, 0.4) is 0 Å². The van der Waals surface area contributed by atoms with Crippen LogP contribution in [-0.4, -0.2) is 38.5 Å². The minimum absolute atomic E-state index is 0.0186. The van der Waals surface area contributed by atoms with Gasteiger partial charge >= 0.3 is 0 Å². The number of methoxy groups -OCH3 is 1. The molecule has 0 aliphatic carbocycles. The number of nitrogens with two attached hydrogens (primary N) is 1. The van der Waals surface area contributed by atoms with E-state index >= 15 is 0 Å². The van der Waals surface area contributed by atoms with Crippen LogP contribution in [0.15, 0.2) is 24.3 Å². The molecule has 4 nitrogen and oxygen atoms in total. The van der Waals surface area contributed by atoms with Gasteiger partial charge in [0.1, 0.15) is 0 Å².